The van der Waals surface area contributed by atoms with Crippen LogP contribution in [0.4, 0.5) is 0 Å². The first-order valence-corrected chi connectivity index (χ1v) is 9.53. The quantitative estimate of drug-likeness (QED) is 0.484. The van der Waals surface area contributed by atoms with Crippen molar-refractivity contribution in [2.45, 2.75) is 56.4 Å². The number of benzene rings is 1. The van der Waals surface area contributed by atoms with Gasteiger partial charge in [0.05, 0.1) is 0 Å². The third-order valence-electron chi connectivity index (χ3n) is 4.54. The van der Waals surface area contributed by atoms with Crippen molar-refractivity contribution in [1.29, 1.82) is 0 Å². The minimum absolute atomic E-state index is 0.330. The maximum atomic E-state index is 11.9. The predicted octanol–water partition coefficient (Wildman–Crippen LogP) is 4.78. The van der Waals surface area contributed by atoms with E-state index in [1.54, 1.807) is 6.07 Å². The van der Waals surface area contributed by atoms with E-state index in [9.17, 15) is 4.79 Å². The second kappa shape index (κ2) is 6.33. The molecule has 5 nitrogen and oxygen atoms in total. The molecule has 0 amide bonds. The molecule has 0 atom stereocenters. The first-order chi connectivity index (χ1) is 12.0. The summed E-state index contributed by atoms with van der Waals surface area (Å²) in [5.41, 5.74) is 3.64. The number of hydrogen-bond donors (Lipinski definition) is 0. The molecular formula is C19H20N2O3S. The summed E-state index contributed by atoms with van der Waals surface area (Å²) in [6.45, 7) is 6.38. The Balaban J connectivity index is 1.66. The molecule has 4 rings (SSSR count). The number of aryl methyl sites for hydroxylation is 1. The van der Waals surface area contributed by atoms with Gasteiger partial charge in [0.2, 0.25) is 5.89 Å². The molecule has 0 radical (unpaired) electrons. The van der Waals surface area contributed by atoms with Crippen molar-refractivity contribution in [1.82, 2.24) is 10.2 Å². The first-order valence-electron chi connectivity index (χ1n) is 8.54. The number of nitrogens with zero attached hydrogens (tertiary/aromatic N) is 2. The molecule has 1 fully saturated rings. The van der Waals surface area contributed by atoms with Crippen LogP contribution in [0.2, 0.25) is 0 Å². The fourth-order valence-corrected chi connectivity index (χ4v) is 3.81. The lowest BCUT2D eigenvalue weighted by Gasteiger charge is -2.12. The number of fused-ring (bicyclic) bond motifs is 1. The Labute approximate surface area is 149 Å². The summed E-state index contributed by atoms with van der Waals surface area (Å²) in [6.07, 6.45) is 2.27. The standard InChI is InChI=1S/C19H20N2O3S/c1-10(2)14-8-15-13(7-17(22)23-16(15)6-11(14)3)9-25-19-21-20-18(24-19)12-4-5-12/h6-8,10,12H,4-5,9H2,1-3H3. The van der Waals surface area contributed by atoms with E-state index in [1.165, 1.54) is 17.3 Å². The van der Waals surface area contributed by atoms with Gasteiger partial charge in [0.1, 0.15) is 5.58 Å². The Morgan fingerprint density at radius 2 is 2.00 bits per heavy atom. The first kappa shape index (κ1) is 16.4. The van der Waals surface area contributed by atoms with E-state index in [4.69, 9.17) is 8.83 Å². The van der Waals surface area contributed by atoms with Crippen LogP contribution in [0.25, 0.3) is 11.0 Å². The summed E-state index contributed by atoms with van der Waals surface area (Å²) < 4.78 is 11.1. The van der Waals surface area contributed by atoms with Crippen LogP contribution >= 0.6 is 11.8 Å². The summed E-state index contributed by atoms with van der Waals surface area (Å²) in [7, 11) is 0. The fraction of sp³-hybridized carbons (Fsp3) is 0.421. The molecule has 2 aromatic heterocycles. The molecule has 0 N–H and O–H groups in total. The SMILES string of the molecule is Cc1cc2oc(=O)cc(CSc3nnc(C4CC4)o3)c2cc1C(C)C. The molecule has 1 saturated carbocycles. The van der Waals surface area contributed by atoms with E-state index < -0.39 is 0 Å². The zero-order valence-electron chi connectivity index (χ0n) is 14.5. The van der Waals surface area contributed by atoms with E-state index in [0.717, 1.165) is 35.2 Å². The van der Waals surface area contributed by atoms with Crippen molar-refractivity contribution < 1.29 is 8.83 Å². The third-order valence-corrected chi connectivity index (χ3v) is 5.41. The van der Waals surface area contributed by atoms with Gasteiger partial charge in [-0.2, -0.15) is 0 Å². The molecule has 0 saturated heterocycles. The van der Waals surface area contributed by atoms with Crippen LogP contribution in [0, 0.1) is 6.92 Å². The third kappa shape index (κ3) is 3.35. The largest absolute Gasteiger partial charge is 0.423 e. The molecule has 25 heavy (non-hydrogen) atoms. The summed E-state index contributed by atoms with van der Waals surface area (Å²) >= 11 is 1.46. The maximum Gasteiger partial charge on any atom is 0.336 e. The molecule has 3 aromatic rings. The van der Waals surface area contributed by atoms with Crippen molar-refractivity contribution in [3.63, 3.8) is 0 Å². The van der Waals surface area contributed by atoms with Crippen LogP contribution < -0.4 is 5.63 Å². The molecule has 130 valence electrons. The molecule has 0 spiro atoms. The van der Waals surface area contributed by atoms with Gasteiger partial charge in [-0.15, -0.1) is 10.2 Å². The Morgan fingerprint density at radius 1 is 1.20 bits per heavy atom. The lowest BCUT2D eigenvalue weighted by Crippen LogP contribution is -2.02. The van der Waals surface area contributed by atoms with Gasteiger partial charge in [-0.1, -0.05) is 25.6 Å². The van der Waals surface area contributed by atoms with Crippen LogP contribution in [0.15, 0.2) is 37.1 Å². The highest BCUT2D eigenvalue weighted by molar-refractivity contribution is 7.98. The minimum Gasteiger partial charge on any atom is -0.423 e. The van der Waals surface area contributed by atoms with Crippen molar-refractivity contribution in [2.75, 3.05) is 0 Å². The molecular weight excluding hydrogens is 336 g/mol. The zero-order valence-corrected chi connectivity index (χ0v) is 15.4. The smallest absolute Gasteiger partial charge is 0.336 e. The van der Waals surface area contributed by atoms with E-state index in [1.807, 2.05) is 13.0 Å². The second-order valence-corrected chi connectivity index (χ2v) is 7.85. The molecule has 0 bridgehead atoms. The molecule has 0 unspecified atom stereocenters. The molecule has 1 aliphatic rings. The summed E-state index contributed by atoms with van der Waals surface area (Å²) in [4.78, 5) is 11.9. The highest BCUT2D eigenvalue weighted by Gasteiger charge is 2.29. The molecule has 1 aliphatic carbocycles. The van der Waals surface area contributed by atoms with Gasteiger partial charge in [-0.25, -0.2) is 4.79 Å². The highest BCUT2D eigenvalue weighted by atomic mass is 32.2. The Hall–Kier alpha value is -2.08. The Kier molecular flexibility index (Phi) is 4.15. The summed E-state index contributed by atoms with van der Waals surface area (Å²) in [5, 5.41) is 9.73. The van der Waals surface area contributed by atoms with Gasteiger partial charge >= 0.3 is 5.63 Å². The van der Waals surface area contributed by atoms with Gasteiger partial charge in [-0.3, -0.25) is 0 Å². The van der Waals surface area contributed by atoms with Crippen molar-refractivity contribution in [3.05, 3.63) is 51.2 Å². The van der Waals surface area contributed by atoms with E-state index >= 15 is 0 Å². The van der Waals surface area contributed by atoms with Crippen LogP contribution in [-0.4, -0.2) is 10.2 Å². The normalized spacial score (nSPS) is 14.6. The van der Waals surface area contributed by atoms with E-state index in [2.05, 4.69) is 30.1 Å². The lowest BCUT2D eigenvalue weighted by atomic mass is 9.95. The van der Waals surface area contributed by atoms with Gasteiger partial charge in [0.15, 0.2) is 0 Å². The summed E-state index contributed by atoms with van der Waals surface area (Å²) in [6, 6.07) is 5.66. The average Bonchev–Trinajstić information content (AvgIpc) is 3.30. The Bertz CT molecular complexity index is 986. The van der Waals surface area contributed by atoms with Crippen molar-refractivity contribution in [2.24, 2.45) is 0 Å². The number of rotatable bonds is 5. The van der Waals surface area contributed by atoms with E-state index in [0.29, 0.717) is 28.4 Å². The number of aromatic nitrogens is 2. The van der Waals surface area contributed by atoms with Crippen LogP contribution in [-0.2, 0) is 5.75 Å². The predicted molar refractivity (Wildman–Crippen MR) is 97.1 cm³/mol. The van der Waals surface area contributed by atoms with Gasteiger partial charge in [-0.05, 0) is 54.5 Å². The second-order valence-electron chi connectivity index (χ2n) is 6.92. The Morgan fingerprint density at radius 3 is 2.72 bits per heavy atom. The molecule has 0 aliphatic heterocycles. The topological polar surface area (TPSA) is 69.1 Å². The fourth-order valence-electron chi connectivity index (χ4n) is 3.05. The highest BCUT2D eigenvalue weighted by Crippen LogP contribution is 2.40. The minimum atomic E-state index is -0.330. The van der Waals surface area contributed by atoms with Crippen LogP contribution in [0.1, 0.15) is 61.1 Å². The van der Waals surface area contributed by atoms with Crippen molar-refractivity contribution >= 4 is 22.7 Å². The van der Waals surface area contributed by atoms with Crippen LogP contribution in [0.5, 0.6) is 0 Å². The number of thioether (sulfide) groups is 1. The van der Waals surface area contributed by atoms with Gasteiger partial charge in [0, 0.05) is 23.1 Å². The monoisotopic (exact) mass is 356 g/mol. The average molecular weight is 356 g/mol. The van der Waals surface area contributed by atoms with E-state index in [-0.39, 0.29) is 5.63 Å². The molecule has 6 heteroatoms. The van der Waals surface area contributed by atoms with Gasteiger partial charge < -0.3 is 8.83 Å². The van der Waals surface area contributed by atoms with Crippen LogP contribution in [0.3, 0.4) is 0 Å². The summed E-state index contributed by atoms with van der Waals surface area (Å²) in [5.74, 6) is 2.18. The molecule has 1 aromatic carbocycles. The number of hydrogen-bond acceptors (Lipinski definition) is 6. The zero-order chi connectivity index (χ0) is 17.6. The van der Waals surface area contributed by atoms with Crippen molar-refractivity contribution in [3.8, 4) is 0 Å². The lowest BCUT2D eigenvalue weighted by molar-refractivity contribution is 0.414. The maximum absolute atomic E-state index is 11.9. The van der Waals surface area contributed by atoms with Gasteiger partial charge in [0.25, 0.3) is 5.22 Å². The molecule has 2 heterocycles.